The predicted octanol–water partition coefficient (Wildman–Crippen LogP) is 3.92. The minimum Gasteiger partial charge on any atom is -0.374 e. The van der Waals surface area contributed by atoms with Crippen molar-refractivity contribution < 1.29 is 4.79 Å². The van der Waals surface area contributed by atoms with Crippen molar-refractivity contribution in [1.29, 1.82) is 0 Å². The van der Waals surface area contributed by atoms with Crippen LogP contribution >= 0.6 is 11.6 Å². The fourth-order valence-corrected chi connectivity index (χ4v) is 3.32. The Bertz CT molecular complexity index is 740. The number of anilines is 3. The van der Waals surface area contributed by atoms with Crippen molar-refractivity contribution in [3.8, 4) is 0 Å². The molecule has 1 fully saturated rings. The van der Waals surface area contributed by atoms with Gasteiger partial charge in [0, 0.05) is 48.3 Å². The largest absolute Gasteiger partial charge is 0.374 e. The topological polar surface area (TPSA) is 47.6 Å². The third-order valence-electron chi connectivity index (χ3n) is 4.94. The van der Waals surface area contributed by atoms with E-state index >= 15 is 0 Å². The molecule has 3 rings (SSSR count). The van der Waals surface area contributed by atoms with E-state index in [0.29, 0.717) is 5.02 Å². The standard InChI is InChI=1S/C21H27ClN4O/c1-3-25-12-14-26(15-13-25)20-10-8-18(9-11-20)23-16(2)21(27)24-19-6-4-17(22)5-7-19/h4-11,16,23H,3,12-15H2,1-2H3,(H,24,27)/t16-/m0/s1. The zero-order valence-electron chi connectivity index (χ0n) is 15.9. The number of likely N-dealkylation sites (N-methyl/N-ethyl adjacent to an activating group) is 1. The van der Waals surface area contributed by atoms with Gasteiger partial charge in [0.25, 0.3) is 0 Å². The average molecular weight is 387 g/mol. The van der Waals surface area contributed by atoms with Crippen molar-refractivity contribution in [2.45, 2.75) is 19.9 Å². The first kappa shape index (κ1) is 19.5. The Hall–Kier alpha value is -2.24. The number of nitrogens with zero attached hydrogens (tertiary/aromatic N) is 2. The van der Waals surface area contributed by atoms with Crippen LogP contribution in [0, 0.1) is 0 Å². The first-order chi connectivity index (χ1) is 13.0. The van der Waals surface area contributed by atoms with E-state index in [1.165, 1.54) is 5.69 Å². The third-order valence-corrected chi connectivity index (χ3v) is 5.19. The van der Waals surface area contributed by atoms with Crippen LogP contribution in [0.3, 0.4) is 0 Å². The molecule has 0 radical (unpaired) electrons. The molecule has 1 heterocycles. The Kier molecular flexibility index (Phi) is 6.58. The van der Waals surface area contributed by atoms with Gasteiger partial charge in [-0.15, -0.1) is 0 Å². The Balaban J connectivity index is 1.52. The van der Waals surface area contributed by atoms with E-state index in [0.717, 1.165) is 44.1 Å². The number of halogens is 1. The fourth-order valence-electron chi connectivity index (χ4n) is 3.19. The van der Waals surface area contributed by atoms with Crippen LogP contribution in [0.5, 0.6) is 0 Å². The van der Waals surface area contributed by atoms with Crippen LogP contribution < -0.4 is 15.5 Å². The van der Waals surface area contributed by atoms with Crippen molar-refractivity contribution in [1.82, 2.24) is 4.90 Å². The summed E-state index contributed by atoms with van der Waals surface area (Å²) in [5.74, 6) is -0.0860. The number of rotatable bonds is 6. The molecular weight excluding hydrogens is 360 g/mol. The molecule has 6 heteroatoms. The molecule has 0 bridgehead atoms. The summed E-state index contributed by atoms with van der Waals surface area (Å²) in [5.41, 5.74) is 2.90. The first-order valence-electron chi connectivity index (χ1n) is 9.45. The fraction of sp³-hybridized carbons (Fsp3) is 0.381. The highest BCUT2D eigenvalue weighted by Gasteiger charge is 2.16. The predicted molar refractivity (Wildman–Crippen MR) is 114 cm³/mol. The van der Waals surface area contributed by atoms with Crippen LogP contribution in [0.25, 0.3) is 0 Å². The van der Waals surface area contributed by atoms with Crippen molar-refractivity contribution in [3.63, 3.8) is 0 Å². The molecule has 0 saturated carbocycles. The Morgan fingerprint density at radius 3 is 2.19 bits per heavy atom. The molecule has 27 heavy (non-hydrogen) atoms. The highest BCUT2D eigenvalue weighted by atomic mass is 35.5. The molecule has 1 aliphatic rings. The van der Waals surface area contributed by atoms with E-state index in [1.807, 2.05) is 19.1 Å². The first-order valence-corrected chi connectivity index (χ1v) is 9.83. The van der Waals surface area contributed by atoms with Crippen LogP contribution in [0.1, 0.15) is 13.8 Å². The molecular formula is C21H27ClN4O. The molecule has 5 nitrogen and oxygen atoms in total. The maximum Gasteiger partial charge on any atom is 0.246 e. The van der Waals surface area contributed by atoms with Gasteiger partial charge in [0.05, 0.1) is 0 Å². The highest BCUT2D eigenvalue weighted by molar-refractivity contribution is 6.30. The number of benzene rings is 2. The SMILES string of the molecule is CCN1CCN(c2ccc(N[C@@H](C)C(=O)Nc3ccc(Cl)cc3)cc2)CC1. The Morgan fingerprint density at radius 2 is 1.59 bits per heavy atom. The Labute approximate surface area is 166 Å². The number of nitrogens with one attached hydrogen (secondary N) is 2. The highest BCUT2D eigenvalue weighted by Crippen LogP contribution is 2.20. The van der Waals surface area contributed by atoms with Gasteiger partial charge >= 0.3 is 0 Å². The molecule has 0 aliphatic carbocycles. The summed E-state index contributed by atoms with van der Waals surface area (Å²) in [6.07, 6.45) is 0. The molecule has 1 atom stereocenters. The molecule has 0 unspecified atom stereocenters. The second-order valence-electron chi connectivity index (χ2n) is 6.83. The van der Waals surface area contributed by atoms with Gasteiger partial charge in [-0.3, -0.25) is 4.79 Å². The smallest absolute Gasteiger partial charge is 0.246 e. The number of amides is 1. The summed E-state index contributed by atoms with van der Waals surface area (Å²) in [6, 6.07) is 15.1. The molecule has 144 valence electrons. The van der Waals surface area contributed by atoms with E-state index in [1.54, 1.807) is 24.3 Å². The van der Waals surface area contributed by atoms with E-state index in [-0.39, 0.29) is 11.9 Å². The van der Waals surface area contributed by atoms with Gasteiger partial charge < -0.3 is 20.4 Å². The summed E-state index contributed by atoms with van der Waals surface area (Å²) in [4.78, 5) is 17.2. The summed E-state index contributed by atoms with van der Waals surface area (Å²) in [6.45, 7) is 9.51. The van der Waals surface area contributed by atoms with Crippen molar-refractivity contribution in [3.05, 3.63) is 53.6 Å². The van der Waals surface area contributed by atoms with Crippen molar-refractivity contribution in [2.75, 3.05) is 48.3 Å². The van der Waals surface area contributed by atoms with E-state index in [9.17, 15) is 4.79 Å². The molecule has 1 saturated heterocycles. The second-order valence-corrected chi connectivity index (χ2v) is 7.27. The zero-order valence-corrected chi connectivity index (χ0v) is 16.7. The maximum atomic E-state index is 12.4. The van der Waals surface area contributed by atoms with Gasteiger partial charge in [-0.05, 0) is 62.0 Å². The lowest BCUT2D eigenvalue weighted by atomic mass is 10.2. The normalized spacial score (nSPS) is 16.0. The van der Waals surface area contributed by atoms with Crippen LogP contribution in [-0.4, -0.2) is 49.6 Å². The number of carbonyl (C=O) groups excluding carboxylic acids is 1. The van der Waals surface area contributed by atoms with Gasteiger partial charge in [0.2, 0.25) is 5.91 Å². The molecule has 1 amide bonds. The molecule has 2 aromatic carbocycles. The lowest BCUT2D eigenvalue weighted by Crippen LogP contribution is -2.46. The van der Waals surface area contributed by atoms with Crippen LogP contribution in [0.15, 0.2) is 48.5 Å². The zero-order chi connectivity index (χ0) is 19.2. The van der Waals surface area contributed by atoms with Gasteiger partial charge in [0.1, 0.15) is 6.04 Å². The van der Waals surface area contributed by atoms with Gasteiger partial charge in [0.15, 0.2) is 0 Å². The molecule has 2 aromatic rings. The summed E-state index contributed by atoms with van der Waals surface area (Å²) in [5, 5.41) is 6.79. The van der Waals surface area contributed by atoms with Crippen LogP contribution in [-0.2, 0) is 4.79 Å². The van der Waals surface area contributed by atoms with Gasteiger partial charge in [-0.1, -0.05) is 18.5 Å². The molecule has 0 aromatic heterocycles. The quantitative estimate of drug-likeness (QED) is 0.789. The van der Waals surface area contributed by atoms with Crippen molar-refractivity contribution in [2.24, 2.45) is 0 Å². The molecule has 0 spiro atoms. The monoisotopic (exact) mass is 386 g/mol. The van der Waals surface area contributed by atoms with Gasteiger partial charge in [-0.2, -0.15) is 0 Å². The van der Waals surface area contributed by atoms with E-state index in [4.69, 9.17) is 11.6 Å². The van der Waals surface area contributed by atoms with Crippen molar-refractivity contribution >= 4 is 34.6 Å². The maximum absolute atomic E-state index is 12.4. The number of hydrogen-bond donors (Lipinski definition) is 2. The van der Waals surface area contributed by atoms with Gasteiger partial charge in [-0.25, -0.2) is 0 Å². The summed E-state index contributed by atoms with van der Waals surface area (Å²) in [7, 11) is 0. The Morgan fingerprint density at radius 1 is 1.00 bits per heavy atom. The summed E-state index contributed by atoms with van der Waals surface area (Å²) < 4.78 is 0. The minimum absolute atomic E-state index is 0.0860. The average Bonchev–Trinajstić information content (AvgIpc) is 2.70. The summed E-state index contributed by atoms with van der Waals surface area (Å²) >= 11 is 5.87. The lowest BCUT2D eigenvalue weighted by Gasteiger charge is -2.35. The number of hydrogen-bond acceptors (Lipinski definition) is 4. The minimum atomic E-state index is -0.348. The lowest BCUT2D eigenvalue weighted by molar-refractivity contribution is -0.116. The third kappa shape index (κ3) is 5.37. The van der Waals surface area contributed by atoms with Crippen LogP contribution in [0.2, 0.25) is 5.02 Å². The number of carbonyl (C=O) groups is 1. The van der Waals surface area contributed by atoms with E-state index < -0.39 is 0 Å². The molecule has 2 N–H and O–H groups in total. The molecule has 1 aliphatic heterocycles. The number of piperazine rings is 1. The van der Waals surface area contributed by atoms with E-state index in [2.05, 4.69) is 39.5 Å². The second kappa shape index (κ2) is 9.11. The van der Waals surface area contributed by atoms with Crippen LogP contribution in [0.4, 0.5) is 17.1 Å².